The Morgan fingerprint density at radius 1 is 1.08 bits per heavy atom. The van der Waals surface area contributed by atoms with E-state index < -0.39 is 7.12 Å². The molecule has 7 nitrogen and oxygen atoms in total. The van der Waals surface area contributed by atoms with Gasteiger partial charge >= 0.3 is 7.12 Å². The number of fused-ring (bicyclic) bond motifs is 1. The molecule has 2 aromatic carbocycles. The van der Waals surface area contributed by atoms with Crippen molar-refractivity contribution in [2.75, 3.05) is 19.5 Å². The Bertz CT molecular complexity index is 889. The van der Waals surface area contributed by atoms with E-state index in [0.717, 1.165) is 28.1 Å². The summed E-state index contributed by atoms with van der Waals surface area (Å²) in [5.74, 6) is 1.45. The molecule has 3 N–H and O–H groups in total. The first-order valence-corrected chi connectivity index (χ1v) is 7.68. The van der Waals surface area contributed by atoms with Crippen LogP contribution in [0.4, 0.5) is 5.69 Å². The van der Waals surface area contributed by atoms with E-state index in [-0.39, 0.29) is 0 Å². The SMILES string of the molecule is COc1ccc(CNc2cnnc3cc(B(O)O)ccc23)c(OC)c1. The van der Waals surface area contributed by atoms with Crippen LogP contribution in [0.3, 0.4) is 0 Å². The van der Waals surface area contributed by atoms with Crippen molar-refractivity contribution in [1.82, 2.24) is 10.2 Å². The molecule has 0 unspecified atom stereocenters. The number of ether oxygens (including phenoxy) is 2. The quantitative estimate of drug-likeness (QED) is 0.575. The molecule has 0 spiro atoms. The molecule has 0 aliphatic carbocycles. The summed E-state index contributed by atoms with van der Waals surface area (Å²) in [5.41, 5.74) is 2.71. The Hall–Kier alpha value is -2.84. The minimum Gasteiger partial charge on any atom is -0.497 e. The molecule has 3 rings (SSSR count). The fraction of sp³-hybridized carbons (Fsp3) is 0.176. The lowest BCUT2D eigenvalue weighted by Gasteiger charge is -2.13. The van der Waals surface area contributed by atoms with Crippen LogP contribution in [0.1, 0.15) is 5.56 Å². The highest BCUT2D eigenvalue weighted by atomic mass is 16.5. The van der Waals surface area contributed by atoms with Crippen molar-refractivity contribution >= 4 is 29.2 Å². The smallest absolute Gasteiger partial charge is 0.488 e. The average molecular weight is 339 g/mol. The van der Waals surface area contributed by atoms with Gasteiger partial charge in [-0.15, -0.1) is 0 Å². The van der Waals surface area contributed by atoms with Crippen molar-refractivity contribution in [2.24, 2.45) is 0 Å². The molecule has 8 heteroatoms. The maximum Gasteiger partial charge on any atom is 0.488 e. The van der Waals surface area contributed by atoms with Crippen LogP contribution in [0.15, 0.2) is 42.6 Å². The molecule has 128 valence electrons. The maximum atomic E-state index is 9.27. The summed E-state index contributed by atoms with van der Waals surface area (Å²) < 4.78 is 10.6. The highest BCUT2D eigenvalue weighted by Crippen LogP contribution is 2.26. The third kappa shape index (κ3) is 3.65. The van der Waals surface area contributed by atoms with E-state index in [1.165, 1.54) is 0 Å². The van der Waals surface area contributed by atoms with Crippen LogP contribution < -0.4 is 20.3 Å². The van der Waals surface area contributed by atoms with Gasteiger partial charge in [0.2, 0.25) is 0 Å². The molecule has 0 amide bonds. The van der Waals surface area contributed by atoms with E-state index in [2.05, 4.69) is 15.5 Å². The summed E-state index contributed by atoms with van der Waals surface area (Å²) in [6.07, 6.45) is 1.63. The predicted molar refractivity (Wildman–Crippen MR) is 96.2 cm³/mol. The summed E-state index contributed by atoms with van der Waals surface area (Å²) in [5, 5.41) is 30.7. The van der Waals surface area contributed by atoms with Crippen LogP contribution >= 0.6 is 0 Å². The van der Waals surface area contributed by atoms with E-state index in [1.807, 2.05) is 18.2 Å². The topological polar surface area (TPSA) is 96.7 Å². The molecular weight excluding hydrogens is 321 g/mol. The molecular formula is C17H18BN3O4. The van der Waals surface area contributed by atoms with E-state index in [1.54, 1.807) is 38.6 Å². The standard InChI is InChI=1S/C17H18BN3O4/c1-24-13-5-3-11(17(8-13)25-2)9-19-16-10-20-21-15-7-12(18(22)23)4-6-14(15)16/h3-8,10,22-23H,9H2,1-2H3,(H,19,21). The molecule has 1 heterocycles. The molecule has 3 aromatic rings. The lowest BCUT2D eigenvalue weighted by atomic mass is 9.80. The number of hydrogen-bond acceptors (Lipinski definition) is 7. The fourth-order valence-corrected chi connectivity index (χ4v) is 2.57. The number of aromatic nitrogens is 2. The lowest BCUT2D eigenvalue weighted by Crippen LogP contribution is -2.29. The van der Waals surface area contributed by atoms with Gasteiger partial charge in [-0.1, -0.05) is 12.1 Å². The second-order valence-corrected chi connectivity index (χ2v) is 5.44. The second-order valence-electron chi connectivity index (χ2n) is 5.44. The van der Waals surface area contributed by atoms with Gasteiger partial charge in [-0.25, -0.2) is 0 Å². The molecule has 0 atom stereocenters. The number of hydrogen-bond donors (Lipinski definition) is 3. The first-order valence-electron chi connectivity index (χ1n) is 7.68. The van der Waals surface area contributed by atoms with Crippen molar-refractivity contribution in [2.45, 2.75) is 6.54 Å². The molecule has 0 aliphatic heterocycles. The van der Waals surface area contributed by atoms with E-state index in [4.69, 9.17) is 9.47 Å². The predicted octanol–water partition coefficient (Wildman–Crippen LogP) is 0.939. The fourth-order valence-electron chi connectivity index (χ4n) is 2.57. The average Bonchev–Trinajstić information content (AvgIpc) is 2.65. The lowest BCUT2D eigenvalue weighted by molar-refractivity contribution is 0.391. The van der Waals surface area contributed by atoms with Crippen molar-refractivity contribution in [3.8, 4) is 11.5 Å². The van der Waals surface area contributed by atoms with Crippen molar-refractivity contribution in [3.05, 3.63) is 48.2 Å². The summed E-state index contributed by atoms with van der Waals surface area (Å²) in [6.45, 7) is 0.526. The highest BCUT2D eigenvalue weighted by molar-refractivity contribution is 6.58. The Morgan fingerprint density at radius 3 is 2.64 bits per heavy atom. The molecule has 1 aromatic heterocycles. The van der Waals surface area contributed by atoms with Crippen LogP contribution in [0.25, 0.3) is 10.9 Å². The van der Waals surface area contributed by atoms with Crippen LogP contribution in [0, 0.1) is 0 Å². The summed E-state index contributed by atoms with van der Waals surface area (Å²) in [4.78, 5) is 0. The van der Waals surface area contributed by atoms with Gasteiger partial charge in [0.05, 0.1) is 31.6 Å². The molecule has 0 fully saturated rings. The number of methoxy groups -OCH3 is 2. The van der Waals surface area contributed by atoms with Crippen LogP contribution in [0.2, 0.25) is 0 Å². The number of benzene rings is 2. The Balaban J connectivity index is 1.86. The zero-order valence-electron chi connectivity index (χ0n) is 13.9. The Labute approximate surface area is 145 Å². The minimum atomic E-state index is -1.54. The Kier molecular flexibility index (Phi) is 5.01. The van der Waals surface area contributed by atoms with Gasteiger partial charge in [0.15, 0.2) is 0 Å². The molecule has 0 saturated carbocycles. The number of nitrogens with zero attached hydrogens (tertiary/aromatic N) is 2. The first-order chi connectivity index (χ1) is 12.1. The molecule has 0 radical (unpaired) electrons. The third-order valence-corrected chi connectivity index (χ3v) is 3.93. The van der Waals surface area contributed by atoms with Crippen molar-refractivity contribution in [3.63, 3.8) is 0 Å². The number of nitrogens with one attached hydrogen (secondary N) is 1. The van der Waals surface area contributed by atoms with Gasteiger partial charge in [0, 0.05) is 23.6 Å². The third-order valence-electron chi connectivity index (χ3n) is 3.93. The van der Waals surface area contributed by atoms with Gasteiger partial charge in [0.1, 0.15) is 11.5 Å². The van der Waals surface area contributed by atoms with E-state index in [9.17, 15) is 10.0 Å². The monoisotopic (exact) mass is 339 g/mol. The molecule has 0 aliphatic rings. The van der Waals surface area contributed by atoms with Crippen LogP contribution in [0.5, 0.6) is 11.5 Å². The van der Waals surface area contributed by atoms with E-state index in [0.29, 0.717) is 17.5 Å². The first kappa shape index (κ1) is 17.0. The summed E-state index contributed by atoms with van der Waals surface area (Å²) in [7, 11) is 1.69. The van der Waals surface area contributed by atoms with Gasteiger partial charge in [-0.3, -0.25) is 0 Å². The van der Waals surface area contributed by atoms with Crippen molar-refractivity contribution < 1.29 is 19.5 Å². The van der Waals surface area contributed by atoms with Gasteiger partial charge in [-0.2, -0.15) is 10.2 Å². The number of rotatable bonds is 6. The second kappa shape index (κ2) is 7.37. The van der Waals surface area contributed by atoms with Gasteiger partial charge in [-0.05, 0) is 23.7 Å². The largest absolute Gasteiger partial charge is 0.497 e. The van der Waals surface area contributed by atoms with Gasteiger partial charge < -0.3 is 24.8 Å². The Morgan fingerprint density at radius 2 is 1.92 bits per heavy atom. The zero-order valence-corrected chi connectivity index (χ0v) is 13.9. The minimum absolute atomic E-state index is 0.371. The van der Waals surface area contributed by atoms with E-state index >= 15 is 0 Å². The number of anilines is 1. The molecule has 25 heavy (non-hydrogen) atoms. The van der Waals surface area contributed by atoms with Crippen LogP contribution in [-0.2, 0) is 6.54 Å². The van der Waals surface area contributed by atoms with Crippen LogP contribution in [-0.4, -0.2) is 41.6 Å². The van der Waals surface area contributed by atoms with Gasteiger partial charge in [0.25, 0.3) is 0 Å². The van der Waals surface area contributed by atoms with Crippen molar-refractivity contribution in [1.29, 1.82) is 0 Å². The molecule has 0 bridgehead atoms. The summed E-state index contributed by atoms with van der Waals surface area (Å²) in [6, 6.07) is 10.7. The zero-order chi connectivity index (χ0) is 17.8. The summed E-state index contributed by atoms with van der Waals surface area (Å²) >= 11 is 0. The maximum absolute atomic E-state index is 9.27. The normalized spacial score (nSPS) is 10.6. The molecule has 0 saturated heterocycles. The highest BCUT2D eigenvalue weighted by Gasteiger charge is 2.13.